The molecule has 0 N–H and O–H groups in total. The molecule has 0 aromatic carbocycles. The van der Waals surface area contributed by atoms with E-state index in [-0.39, 0.29) is 0 Å². The molecular formula is C14H17Br2N5. The zero-order chi connectivity index (χ0) is 15.0. The molecule has 0 aliphatic carbocycles. The smallest absolute Gasteiger partial charge is 0.167 e. The molecule has 112 valence electrons. The second-order valence-corrected chi connectivity index (χ2v) is 6.59. The second kappa shape index (κ2) is 6.06. The Morgan fingerprint density at radius 3 is 2.71 bits per heavy atom. The van der Waals surface area contributed by atoms with Crippen molar-refractivity contribution in [2.24, 2.45) is 0 Å². The van der Waals surface area contributed by atoms with Gasteiger partial charge in [0.25, 0.3) is 0 Å². The van der Waals surface area contributed by atoms with Crippen LogP contribution in [0.5, 0.6) is 0 Å². The van der Waals surface area contributed by atoms with Crippen LogP contribution in [0.1, 0.15) is 31.9 Å². The number of halogens is 2. The minimum Gasteiger partial charge on any atom is -0.292 e. The summed E-state index contributed by atoms with van der Waals surface area (Å²) in [7, 11) is 0. The van der Waals surface area contributed by atoms with E-state index < -0.39 is 0 Å². The van der Waals surface area contributed by atoms with E-state index >= 15 is 0 Å². The lowest BCUT2D eigenvalue weighted by Crippen LogP contribution is -2.08. The molecule has 0 saturated carbocycles. The highest BCUT2D eigenvalue weighted by Gasteiger charge is 2.25. The highest BCUT2D eigenvalue weighted by molar-refractivity contribution is 9.08. The molecular weight excluding hydrogens is 398 g/mol. The van der Waals surface area contributed by atoms with Crippen molar-refractivity contribution in [1.29, 1.82) is 0 Å². The third kappa shape index (κ3) is 2.51. The summed E-state index contributed by atoms with van der Waals surface area (Å²) >= 11 is 7.03. The first kappa shape index (κ1) is 15.0. The van der Waals surface area contributed by atoms with E-state index in [0.717, 1.165) is 36.3 Å². The second-order valence-electron chi connectivity index (χ2n) is 4.83. The molecule has 1 aliphatic heterocycles. The Labute approximate surface area is 140 Å². The molecule has 3 aromatic heterocycles. The zero-order valence-corrected chi connectivity index (χ0v) is 15.2. The van der Waals surface area contributed by atoms with Crippen molar-refractivity contribution in [3.05, 3.63) is 30.4 Å². The van der Waals surface area contributed by atoms with Gasteiger partial charge in [-0.15, -0.1) is 0 Å². The molecule has 1 aliphatic rings. The van der Waals surface area contributed by atoms with Gasteiger partial charge in [-0.3, -0.25) is 7.99 Å². The Morgan fingerprint density at radius 2 is 2.00 bits per heavy atom. The molecule has 0 radical (unpaired) electrons. The van der Waals surface area contributed by atoms with Gasteiger partial charge in [-0.25, -0.2) is 13.9 Å². The van der Waals surface area contributed by atoms with Crippen LogP contribution in [0.2, 0.25) is 0 Å². The molecule has 1 atom stereocenters. The van der Waals surface area contributed by atoms with Crippen LogP contribution in [0.4, 0.5) is 0 Å². The van der Waals surface area contributed by atoms with Crippen LogP contribution in [-0.2, 0) is 0 Å². The highest BCUT2D eigenvalue weighted by atomic mass is 79.9. The Morgan fingerprint density at radius 1 is 1.19 bits per heavy atom. The first-order valence-corrected chi connectivity index (χ1v) is 8.56. The number of hydrogen-bond acceptors (Lipinski definition) is 3. The van der Waals surface area contributed by atoms with Crippen LogP contribution in [0.3, 0.4) is 0 Å². The lowest BCUT2D eigenvalue weighted by atomic mass is 10.1. The van der Waals surface area contributed by atoms with Crippen molar-refractivity contribution >= 4 is 49.1 Å². The third-order valence-electron chi connectivity index (χ3n) is 3.71. The molecule has 4 rings (SSSR count). The maximum Gasteiger partial charge on any atom is 0.167 e. The summed E-state index contributed by atoms with van der Waals surface area (Å²) in [6, 6.07) is 2.07. The van der Waals surface area contributed by atoms with E-state index in [1.165, 1.54) is 5.69 Å². The largest absolute Gasteiger partial charge is 0.292 e. The SMILES string of the molecule is BrN1CCC(c2cnc3cnc4c(ccn4Br)n23)C1.CC. The highest BCUT2D eigenvalue weighted by Crippen LogP contribution is 2.31. The lowest BCUT2D eigenvalue weighted by molar-refractivity contribution is 0.591. The Bertz CT molecular complexity index is 763. The molecule has 7 heteroatoms. The summed E-state index contributed by atoms with van der Waals surface area (Å²) in [5.41, 5.74) is 4.19. The summed E-state index contributed by atoms with van der Waals surface area (Å²) in [6.07, 6.45) is 6.92. The molecule has 3 aromatic rings. The minimum atomic E-state index is 0.513. The van der Waals surface area contributed by atoms with Crippen LogP contribution in [0, 0.1) is 0 Å². The van der Waals surface area contributed by atoms with Gasteiger partial charge in [0.15, 0.2) is 11.3 Å². The Balaban J connectivity index is 0.000000636. The maximum atomic E-state index is 4.49. The van der Waals surface area contributed by atoms with E-state index in [1.54, 1.807) is 0 Å². The van der Waals surface area contributed by atoms with E-state index in [0.29, 0.717) is 5.92 Å². The normalized spacial score (nSPS) is 19.1. The van der Waals surface area contributed by atoms with Crippen LogP contribution in [0.25, 0.3) is 16.8 Å². The summed E-state index contributed by atoms with van der Waals surface area (Å²) < 4.78 is 6.26. The number of fused-ring (bicyclic) bond motifs is 3. The molecule has 1 unspecified atom stereocenters. The topological polar surface area (TPSA) is 38.4 Å². The van der Waals surface area contributed by atoms with E-state index in [2.05, 4.69) is 56.7 Å². The van der Waals surface area contributed by atoms with Gasteiger partial charge >= 0.3 is 0 Å². The maximum absolute atomic E-state index is 4.49. The third-order valence-corrected chi connectivity index (χ3v) is 4.93. The van der Waals surface area contributed by atoms with Crippen LogP contribution in [0.15, 0.2) is 24.7 Å². The fourth-order valence-electron chi connectivity index (χ4n) is 2.79. The first-order chi connectivity index (χ1) is 10.2. The van der Waals surface area contributed by atoms with E-state index in [9.17, 15) is 0 Å². The Kier molecular flexibility index (Phi) is 4.33. The molecule has 1 fully saturated rings. The average molecular weight is 415 g/mol. The molecule has 0 amide bonds. The molecule has 0 spiro atoms. The number of aromatic nitrogens is 4. The molecule has 4 heterocycles. The lowest BCUT2D eigenvalue weighted by Gasteiger charge is -2.10. The number of imidazole rings is 1. The summed E-state index contributed by atoms with van der Waals surface area (Å²) in [5.74, 6) is 0.513. The van der Waals surface area contributed by atoms with Gasteiger partial charge in [0.1, 0.15) is 0 Å². The quantitative estimate of drug-likeness (QED) is 0.565. The van der Waals surface area contributed by atoms with Gasteiger partial charge in [-0.2, -0.15) is 0 Å². The van der Waals surface area contributed by atoms with Crippen molar-refractivity contribution in [1.82, 2.24) is 21.9 Å². The Hall–Kier alpha value is -0.920. The number of rotatable bonds is 1. The summed E-state index contributed by atoms with van der Waals surface area (Å²) in [4.78, 5) is 8.93. The van der Waals surface area contributed by atoms with Gasteiger partial charge in [0.2, 0.25) is 0 Å². The first-order valence-electron chi connectivity index (χ1n) is 7.14. The molecule has 0 bridgehead atoms. The average Bonchev–Trinajstić information content (AvgIpc) is 3.19. The fourth-order valence-corrected chi connectivity index (χ4v) is 3.73. The van der Waals surface area contributed by atoms with Gasteiger partial charge < -0.3 is 0 Å². The van der Waals surface area contributed by atoms with Crippen LogP contribution < -0.4 is 0 Å². The fraction of sp³-hybridized carbons (Fsp3) is 0.429. The molecule has 21 heavy (non-hydrogen) atoms. The monoisotopic (exact) mass is 413 g/mol. The van der Waals surface area contributed by atoms with Crippen molar-refractivity contribution in [3.63, 3.8) is 0 Å². The van der Waals surface area contributed by atoms with E-state index in [4.69, 9.17) is 0 Å². The van der Waals surface area contributed by atoms with Gasteiger partial charge in [-0.1, -0.05) is 13.8 Å². The van der Waals surface area contributed by atoms with Gasteiger partial charge in [-0.05, 0) is 12.5 Å². The van der Waals surface area contributed by atoms with Crippen LogP contribution in [-0.4, -0.2) is 35.0 Å². The van der Waals surface area contributed by atoms with Crippen molar-refractivity contribution in [2.45, 2.75) is 26.2 Å². The van der Waals surface area contributed by atoms with Crippen LogP contribution >= 0.6 is 32.3 Å². The summed E-state index contributed by atoms with van der Waals surface area (Å²) in [5, 5.41) is 0. The standard InChI is InChI=1S/C12H11Br2N5.C2H6/c13-17-3-1-8(7-17)10-5-15-11-6-16-12-9(19(10)11)2-4-18(12)14;1-2/h2,4-6,8H,1,3,7H2;1-2H3. The molecule has 1 saturated heterocycles. The number of hydrogen-bond donors (Lipinski definition) is 0. The minimum absolute atomic E-state index is 0.513. The van der Waals surface area contributed by atoms with E-state index in [1.807, 2.05) is 36.0 Å². The predicted octanol–water partition coefficient (Wildman–Crippen LogP) is 3.97. The zero-order valence-electron chi connectivity index (χ0n) is 12.0. The van der Waals surface area contributed by atoms with Crippen molar-refractivity contribution < 1.29 is 0 Å². The molecule has 5 nitrogen and oxygen atoms in total. The number of nitrogens with zero attached hydrogens (tertiary/aromatic N) is 5. The van der Waals surface area contributed by atoms with Crippen molar-refractivity contribution in [3.8, 4) is 0 Å². The van der Waals surface area contributed by atoms with Gasteiger partial charge in [0.05, 0.1) is 27.9 Å². The predicted molar refractivity (Wildman–Crippen MR) is 92.0 cm³/mol. The van der Waals surface area contributed by atoms with Crippen molar-refractivity contribution in [2.75, 3.05) is 13.1 Å². The summed E-state index contributed by atoms with van der Waals surface area (Å²) in [6.45, 7) is 6.10. The van der Waals surface area contributed by atoms with Gasteiger partial charge in [0, 0.05) is 53.2 Å².